The van der Waals surface area contributed by atoms with Crippen molar-refractivity contribution in [2.24, 2.45) is 10.7 Å². The molecule has 1 aromatic heterocycles. The largest absolute Gasteiger partial charge is 0.459 e. The number of halogens is 3. The SMILES string of the molecule is CC1(c2nc(N)ccc2F)N=C(N)OCC1(F)F. The minimum Gasteiger partial charge on any atom is -0.459 e. The molecule has 0 bridgehead atoms. The van der Waals surface area contributed by atoms with Gasteiger partial charge in [-0.05, 0) is 19.1 Å². The Labute approximate surface area is 101 Å². The Morgan fingerprint density at radius 3 is 2.67 bits per heavy atom. The Kier molecular flexibility index (Phi) is 2.60. The van der Waals surface area contributed by atoms with E-state index in [0.717, 1.165) is 13.0 Å². The van der Waals surface area contributed by atoms with Gasteiger partial charge in [-0.25, -0.2) is 14.4 Å². The van der Waals surface area contributed by atoms with E-state index in [1.165, 1.54) is 6.07 Å². The minimum absolute atomic E-state index is 0.0799. The van der Waals surface area contributed by atoms with Gasteiger partial charge in [0.25, 0.3) is 6.02 Å². The summed E-state index contributed by atoms with van der Waals surface area (Å²) in [5, 5.41) is 0. The zero-order chi connectivity index (χ0) is 13.6. The molecule has 5 nitrogen and oxygen atoms in total. The number of nitrogen functional groups attached to an aromatic ring is 1. The highest BCUT2D eigenvalue weighted by atomic mass is 19.3. The van der Waals surface area contributed by atoms with Crippen molar-refractivity contribution >= 4 is 11.8 Å². The lowest BCUT2D eigenvalue weighted by atomic mass is 9.89. The fourth-order valence-electron chi connectivity index (χ4n) is 1.66. The van der Waals surface area contributed by atoms with E-state index in [-0.39, 0.29) is 5.82 Å². The van der Waals surface area contributed by atoms with E-state index in [4.69, 9.17) is 11.5 Å². The van der Waals surface area contributed by atoms with E-state index in [2.05, 4.69) is 14.7 Å². The van der Waals surface area contributed by atoms with Crippen LogP contribution in [0.4, 0.5) is 19.0 Å². The van der Waals surface area contributed by atoms with Crippen molar-refractivity contribution < 1.29 is 17.9 Å². The number of hydrogen-bond donors (Lipinski definition) is 2. The summed E-state index contributed by atoms with van der Waals surface area (Å²) in [6.45, 7) is 0.0436. The first kappa shape index (κ1) is 12.5. The van der Waals surface area contributed by atoms with Gasteiger partial charge in [0.05, 0.1) is 0 Å². The van der Waals surface area contributed by atoms with Crippen LogP contribution in [0.15, 0.2) is 17.1 Å². The molecule has 18 heavy (non-hydrogen) atoms. The van der Waals surface area contributed by atoms with Crippen LogP contribution in [0.25, 0.3) is 0 Å². The molecule has 4 N–H and O–H groups in total. The van der Waals surface area contributed by atoms with Crippen LogP contribution in [0.2, 0.25) is 0 Å². The number of rotatable bonds is 1. The molecule has 98 valence electrons. The van der Waals surface area contributed by atoms with Gasteiger partial charge in [0.1, 0.15) is 17.3 Å². The lowest BCUT2D eigenvalue weighted by Crippen LogP contribution is -2.51. The normalized spacial score (nSPS) is 26.3. The van der Waals surface area contributed by atoms with Gasteiger partial charge < -0.3 is 16.2 Å². The molecule has 0 aliphatic carbocycles. The Morgan fingerprint density at radius 1 is 1.33 bits per heavy atom. The maximum Gasteiger partial charge on any atom is 0.311 e. The molecule has 1 aliphatic rings. The van der Waals surface area contributed by atoms with Crippen LogP contribution in [0.1, 0.15) is 12.6 Å². The van der Waals surface area contributed by atoms with Crippen LogP contribution in [-0.2, 0) is 10.3 Å². The van der Waals surface area contributed by atoms with Crippen LogP contribution in [0.5, 0.6) is 0 Å². The van der Waals surface area contributed by atoms with Gasteiger partial charge in [-0.1, -0.05) is 0 Å². The number of nitrogens with zero attached hydrogens (tertiary/aromatic N) is 2. The van der Waals surface area contributed by atoms with E-state index >= 15 is 0 Å². The summed E-state index contributed by atoms with van der Waals surface area (Å²) in [6.07, 6.45) is 0. The molecule has 0 fully saturated rings. The highest BCUT2D eigenvalue weighted by Crippen LogP contribution is 2.43. The average Bonchev–Trinajstić information content (AvgIpc) is 2.28. The molecule has 0 saturated carbocycles. The van der Waals surface area contributed by atoms with Crippen molar-refractivity contribution in [2.75, 3.05) is 12.3 Å². The third-order valence-electron chi connectivity index (χ3n) is 2.78. The molecule has 8 heteroatoms. The first-order valence-corrected chi connectivity index (χ1v) is 5.05. The number of pyridine rings is 1. The molecule has 0 radical (unpaired) electrons. The first-order chi connectivity index (χ1) is 8.26. The van der Waals surface area contributed by atoms with E-state index in [1.54, 1.807) is 0 Å². The number of ether oxygens (including phenoxy) is 1. The Morgan fingerprint density at radius 2 is 2.00 bits per heavy atom. The van der Waals surface area contributed by atoms with Gasteiger partial charge in [0.15, 0.2) is 12.1 Å². The summed E-state index contributed by atoms with van der Waals surface area (Å²) in [5.74, 6) is -4.45. The van der Waals surface area contributed by atoms with E-state index in [0.29, 0.717) is 0 Å². The molecule has 0 spiro atoms. The highest BCUT2D eigenvalue weighted by Gasteiger charge is 2.57. The third-order valence-corrected chi connectivity index (χ3v) is 2.78. The predicted molar refractivity (Wildman–Crippen MR) is 58.5 cm³/mol. The van der Waals surface area contributed by atoms with Crippen molar-refractivity contribution in [3.63, 3.8) is 0 Å². The van der Waals surface area contributed by atoms with E-state index in [9.17, 15) is 13.2 Å². The Bertz CT molecular complexity index is 520. The number of aliphatic imine (C=N–C) groups is 1. The lowest BCUT2D eigenvalue weighted by molar-refractivity contribution is -0.118. The van der Waals surface area contributed by atoms with Gasteiger partial charge in [0.2, 0.25) is 0 Å². The molecular weight excluding hydrogens is 249 g/mol. The second kappa shape index (κ2) is 3.76. The quantitative estimate of drug-likeness (QED) is 0.788. The molecule has 1 atom stereocenters. The molecule has 1 aromatic rings. The topological polar surface area (TPSA) is 86.5 Å². The lowest BCUT2D eigenvalue weighted by Gasteiger charge is -2.36. The summed E-state index contributed by atoms with van der Waals surface area (Å²) in [4.78, 5) is 7.11. The van der Waals surface area contributed by atoms with Crippen molar-refractivity contribution in [2.45, 2.75) is 18.4 Å². The van der Waals surface area contributed by atoms with Crippen LogP contribution >= 0.6 is 0 Å². The second-order valence-corrected chi connectivity index (χ2v) is 4.08. The third kappa shape index (κ3) is 1.73. The first-order valence-electron chi connectivity index (χ1n) is 5.05. The van der Waals surface area contributed by atoms with Crippen LogP contribution in [0, 0.1) is 5.82 Å². The highest BCUT2D eigenvalue weighted by molar-refractivity contribution is 5.73. The van der Waals surface area contributed by atoms with Crippen LogP contribution in [0.3, 0.4) is 0 Å². The number of hydrogen-bond acceptors (Lipinski definition) is 5. The fraction of sp³-hybridized carbons (Fsp3) is 0.400. The summed E-state index contributed by atoms with van der Waals surface area (Å²) < 4.78 is 45.9. The maximum absolute atomic E-state index is 13.9. The van der Waals surface area contributed by atoms with Crippen molar-refractivity contribution in [1.82, 2.24) is 4.98 Å². The molecule has 0 amide bonds. The summed E-state index contributed by atoms with van der Waals surface area (Å²) in [7, 11) is 0. The molecule has 1 aliphatic heterocycles. The molecule has 1 unspecified atom stereocenters. The Hall–Kier alpha value is -1.99. The fourth-order valence-corrected chi connectivity index (χ4v) is 1.66. The number of nitrogens with two attached hydrogens (primary N) is 2. The summed E-state index contributed by atoms with van der Waals surface area (Å²) in [6, 6.07) is 1.69. The zero-order valence-corrected chi connectivity index (χ0v) is 9.45. The molecule has 0 saturated heterocycles. The zero-order valence-electron chi connectivity index (χ0n) is 9.45. The Balaban J connectivity index is 2.65. The minimum atomic E-state index is -3.45. The number of amidine groups is 1. The summed E-state index contributed by atoms with van der Waals surface area (Å²) >= 11 is 0. The number of alkyl halides is 2. The summed E-state index contributed by atoms with van der Waals surface area (Å²) in [5.41, 5.74) is 7.85. The monoisotopic (exact) mass is 260 g/mol. The smallest absolute Gasteiger partial charge is 0.311 e. The molecule has 2 rings (SSSR count). The maximum atomic E-state index is 13.9. The molecule has 2 heterocycles. The standard InChI is InChI=1S/C10H11F3N4O/c1-9(7-5(11)2-3-6(14)16-7)10(12,13)4-18-8(15)17-9/h2-3H,4H2,1H3,(H2,14,16)(H2,15,17). The molecular formula is C10H11F3N4O. The van der Waals surface area contributed by atoms with Crippen molar-refractivity contribution in [3.05, 3.63) is 23.6 Å². The van der Waals surface area contributed by atoms with Crippen molar-refractivity contribution in [3.8, 4) is 0 Å². The average molecular weight is 260 g/mol. The second-order valence-electron chi connectivity index (χ2n) is 4.08. The number of aromatic nitrogens is 1. The van der Waals surface area contributed by atoms with E-state index in [1.807, 2.05) is 0 Å². The van der Waals surface area contributed by atoms with Gasteiger partial charge in [-0.15, -0.1) is 0 Å². The van der Waals surface area contributed by atoms with Gasteiger partial charge in [-0.3, -0.25) is 0 Å². The van der Waals surface area contributed by atoms with Gasteiger partial charge in [-0.2, -0.15) is 8.78 Å². The van der Waals surface area contributed by atoms with Crippen molar-refractivity contribution in [1.29, 1.82) is 0 Å². The van der Waals surface area contributed by atoms with Crippen LogP contribution in [-0.4, -0.2) is 23.5 Å². The van der Waals surface area contributed by atoms with Gasteiger partial charge in [0, 0.05) is 0 Å². The number of anilines is 1. The predicted octanol–water partition coefficient (Wildman–Crippen LogP) is 0.998. The molecule has 0 aromatic carbocycles. The van der Waals surface area contributed by atoms with Gasteiger partial charge >= 0.3 is 5.92 Å². The van der Waals surface area contributed by atoms with E-state index < -0.39 is 35.6 Å². The van der Waals surface area contributed by atoms with Crippen LogP contribution < -0.4 is 11.5 Å².